The highest BCUT2D eigenvalue weighted by Gasteiger charge is 2.32. The van der Waals surface area contributed by atoms with Gasteiger partial charge in [-0.05, 0) is 12.3 Å². The molecule has 0 saturated carbocycles. The zero-order valence-corrected chi connectivity index (χ0v) is 14.3. The van der Waals surface area contributed by atoms with Gasteiger partial charge < -0.3 is 14.7 Å². The monoisotopic (exact) mass is 300 g/mol. The number of nitrogens with zero attached hydrogens (tertiary/aromatic N) is 2. The minimum atomic E-state index is -0.508. The van der Waals surface area contributed by atoms with Crippen LogP contribution in [-0.4, -0.2) is 73.4 Å². The first-order chi connectivity index (χ1) is 9.72. The van der Waals surface area contributed by atoms with E-state index in [1.54, 1.807) is 11.9 Å². The summed E-state index contributed by atoms with van der Waals surface area (Å²) in [6.07, 6.45) is 0.349. The van der Waals surface area contributed by atoms with Gasteiger partial charge in [-0.1, -0.05) is 27.7 Å². The molecule has 1 amide bonds. The molecule has 5 heteroatoms. The quantitative estimate of drug-likeness (QED) is 0.768. The molecule has 1 rings (SSSR count). The molecule has 0 aromatic rings. The van der Waals surface area contributed by atoms with Crippen LogP contribution in [0.5, 0.6) is 0 Å². The van der Waals surface area contributed by atoms with Crippen LogP contribution in [0.25, 0.3) is 0 Å². The van der Waals surface area contributed by atoms with Gasteiger partial charge in [-0.3, -0.25) is 9.69 Å². The second kappa shape index (κ2) is 8.11. The van der Waals surface area contributed by atoms with Crippen molar-refractivity contribution in [2.75, 3.05) is 46.4 Å². The molecule has 124 valence electrons. The molecule has 1 saturated heterocycles. The highest BCUT2D eigenvalue weighted by atomic mass is 16.5. The number of amides is 1. The van der Waals surface area contributed by atoms with Crippen molar-refractivity contribution in [1.82, 2.24) is 9.80 Å². The van der Waals surface area contributed by atoms with Crippen LogP contribution in [0.4, 0.5) is 0 Å². The van der Waals surface area contributed by atoms with Crippen molar-refractivity contribution < 1.29 is 14.6 Å². The Labute approximate surface area is 129 Å². The molecule has 1 aliphatic heterocycles. The van der Waals surface area contributed by atoms with Gasteiger partial charge in [-0.15, -0.1) is 0 Å². The summed E-state index contributed by atoms with van der Waals surface area (Å²) >= 11 is 0. The van der Waals surface area contributed by atoms with Crippen LogP contribution in [-0.2, 0) is 9.53 Å². The number of hydrogen-bond acceptors (Lipinski definition) is 4. The molecule has 1 fully saturated rings. The number of carbonyl (C=O) groups is 1. The molecule has 1 aliphatic rings. The highest BCUT2D eigenvalue weighted by molar-refractivity contribution is 5.81. The minimum Gasteiger partial charge on any atom is -0.390 e. The van der Waals surface area contributed by atoms with Gasteiger partial charge in [0.15, 0.2) is 0 Å². The summed E-state index contributed by atoms with van der Waals surface area (Å²) in [5.41, 5.74) is -0.373. The van der Waals surface area contributed by atoms with E-state index in [1.165, 1.54) is 0 Å². The first-order valence-corrected chi connectivity index (χ1v) is 7.96. The summed E-state index contributed by atoms with van der Waals surface area (Å²) in [5, 5.41) is 10.2. The van der Waals surface area contributed by atoms with Gasteiger partial charge >= 0.3 is 0 Å². The van der Waals surface area contributed by atoms with Gasteiger partial charge in [0.2, 0.25) is 5.91 Å². The van der Waals surface area contributed by atoms with E-state index in [1.807, 2.05) is 13.8 Å². The van der Waals surface area contributed by atoms with Gasteiger partial charge in [-0.25, -0.2) is 0 Å². The number of β-amino-alcohol motifs (C(OH)–C–C–N with tert-alkyl or cyclic N) is 1. The number of likely N-dealkylation sites (N-methyl/N-ethyl adjacent to an activating group) is 1. The molecule has 5 nitrogen and oxygen atoms in total. The predicted molar refractivity (Wildman–Crippen MR) is 84.1 cm³/mol. The normalized spacial score (nSPS) is 18.8. The Balaban J connectivity index is 2.43. The second-order valence-corrected chi connectivity index (χ2v) is 7.23. The largest absolute Gasteiger partial charge is 0.390 e. The third kappa shape index (κ3) is 6.32. The first-order valence-electron chi connectivity index (χ1n) is 7.96. The van der Waals surface area contributed by atoms with Crippen molar-refractivity contribution in [3.63, 3.8) is 0 Å². The van der Waals surface area contributed by atoms with Crippen molar-refractivity contribution in [3.05, 3.63) is 0 Å². The molecule has 0 radical (unpaired) electrons. The molecular formula is C16H32N2O3. The molecule has 0 aliphatic carbocycles. The number of hydrogen-bond donors (Lipinski definition) is 1. The van der Waals surface area contributed by atoms with E-state index in [9.17, 15) is 9.90 Å². The molecule has 0 spiro atoms. The van der Waals surface area contributed by atoms with E-state index < -0.39 is 6.10 Å². The third-order valence-corrected chi connectivity index (χ3v) is 3.90. The molecule has 1 N–H and O–H groups in total. The zero-order chi connectivity index (χ0) is 16.0. The third-order valence-electron chi connectivity index (χ3n) is 3.90. The number of rotatable bonds is 7. The van der Waals surface area contributed by atoms with Crippen molar-refractivity contribution in [2.24, 2.45) is 11.3 Å². The summed E-state index contributed by atoms with van der Waals surface area (Å²) < 4.78 is 5.29. The molecular weight excluding hydrogens is 268 g/mol. The smallest absolute Gasteiger partial charge is 0.228 e. The number of morpholine rings is 1. The Morgan fingerprint density at radius 2 is 1.90 bits per heavy atom. The Morgan fingerprint density at radius 1 is 1.33 bits per heavy atom. The fourth-order valence-corrected chi connectivity index (χ4v) is 3.16. The molecule has 1 heterocycles. The Kier molecular flexibility index (Phi) is 7.10. The SMILES string of the molecule is CC(C)CC(C)(C)C(=O)N(C)CC(O)CN1CCOCC1. The van der Waals surface area contributed by atoms with E-state index in [2.05, 4.69) is 18.7 Å². The van der Waals surface area contributed by atoms with Gasteiger partial charge in [0.25, 0.3) is 0 Å². The predicted octanol–water partition coefficient (Wildman–Crippen LogP) is 1.21. The Bertz CT molecular complexity index is 325. The summed E-state index contributed by atoms with van der Waals surface area (Å²) in [5.74, 6) is 0.591. The van der Waals surface area contributed by atoms with Gasteiger partial charge in [0.1, 0.15) is 0 Å². The van der Waals surface area contributed by atoms with Gasteiger partial charge in [0, 0.05) is 38.6 Å². The number of carbonyl (C=O) groups excluding carboxylic acids is 1. The van der Waals surface area contributed by atoms with Crippen LogP contribution in [0.15, 0.2) is 0 Å². The van der Waals surface area contributed by atoms with E-state index in [4.69, 9.17) is 4.74 Å². The lowest BCUT2D eigenvalue weighted by Gasteiger charge is -2.33. The molecule has 1 atom stereocenters. The lowest BCUT2D eigenvalue weighted by molar-refractivity contribution is -0.141. The molecule has 1 unspecified atom stereocenters. The Morgan fingerprint density at radius 3 is 2.43 bits per heavy atom. The summed E-state index contributed by atoms with van der Waals surface area (Å²) in [4.78, 5) is 16.4. The number of aliphatic hydroxyl groups is 1. The second-order valence-electron chi connectivity index (χ2n) is 7.23. The lowest BCUT2D eigenvalue weighted by Crippen LogP contribution is -2.47. The Hall–Kier alpha value is -0.650. The molecule has 0 bridgehead atoms. The van der Waals surface area contributed by atoms with Gasteiger partial charge in [0.05, 0.1) is 19.3 Å². The maximum atomic E-state index is 12.5. The average Bonchev–Trinajstić information content (AvgIpc) is 2.37. The highest BCUT2D eigenvalue weighted by Crippen LogP contribution is 2.27. The van der Waals surface area contributed by atoms with E-state index in [-0.39, 0.29) is 11.3 Å². The van der Waals surface area contributed by atoms with E-state index in [0.717, 1.165) is 32.7 Å². The van der Waals surface area contributed by atoms with Crippen molar-refractivity contribution in [1.29, 1.82) is 0 Å². The lowest BCUT2D eigenvalue weighted by atomic mass is 9.82. The van der Waals surface area contributed by atoms with Crippen molar-refractivity contribution in [2.45, 2.75) is 40.2 Å². The zero-order valence-electron chi connectivity index (χ0n) is 14.3. The molecule has 21 heavy (non-hydrogen) atoms. The first kappa shape index (κ1) is 18.4. The van der Waals surface area contributed by atoms with Crippen LogP contribution >= 0.6 is 0 Å². The van der Waals surface area contributed by atoms with Crippen molar-refractivity contribution in [3.8, 4) is 0 Å². The number of aliphatic hydroxyl groups excluding tert-OH is 1. The van der Waals surface area contributed by atoms with E-state index in [0.29, 0.717) is 19.0 Å². The fourth-order valence-electron chi connectivity index (χ4n) is 3.16. The maximum Gasteiger partial charge on any atom is 0.228 e. The maximum absolute atomic E-state index is 12.5. The molecule has 0 aromatic carbocycles. The topological polar surface area (TPSA) is 53.0 Å². The van der Waals surface area contributed by atoms with E-state index >= 15 is 0 Å². The van der Waals surface area contributed by atoms with Crippen molar-refractivity contribution >= 4 is 5.91 Å². The van der Waals surface area contributed by atoms with Crippen LogP contribution in [0.1, 0.15) is 34.1 Å². The molecule has 0 aromatic heterocycles. The van der Waals surface area contributed by atoms with Crippen LogP contribution in [0, 0.1) is 11.3 Å². The fraction of sp³-hybridized carbons (Fsp3) is 0.938. The summed E-state index contributed by atoms with van der Waals surface area (Å²) in [7, 11) is 1.78. The summed E-state index contributed by atoms with van der Waals surface area (Å²) in [6, 6.07) is 0. The standard InChI is InChI=1S/C16H32N2O3/c1-13(2)10-16(3,4)15(20)17(5)11-14(19)12-18-6-8-21-9-7-18/h13-14,19H,6-12H2,1-5H3. The van der Waals surface area contributed by atoms with Crippen LogP contribution in [0.2, 0.25) is 0 Å². The average molecular weight is 300 g/mol. The summed E-state index contributed by atoms with van der Waals surface area (Å²) in [6.45, 7) is 12.4. The minimum absolute atomic E-state index is 0.109. The number of ether oxygens (including phenoxy) is 1. The van der Waals surface area contributed by atoms with Crippen LogP contribution < -0.4 is 0 Å². The van der Waals surface area contributed by atoms with Crippen LogP contribution in [0.3, 0.4) is 0 Å². The van der Waals surface area contributed by atoms with Gasteiger partial charge in [-0.2, -0.15) is 0 Å².